The van der Waals surface area contributed by atoms with E-state index in [1.807, 2.05) is 57.2 Å². The van der Waals surface area contributed by atoms with Crippen molar-refractivity contribution in [2.24, 2.45) is 0 Å². The minimum Gasteiger partial charge on any atom is -0.354 e. The Morgan fingerprint density at radius 2 is 1.61 bits per heavy atom. The fraction of sp³-hybridized carbons (Fsp3) is 0.355. The lowest BCUT2D eigenvalue weighted by atomic mass is 10.0. The summed E-state index contributed by atoms with van der Waals surface area (Å²) in [6.07, 6.45) is 2.98. The molecule has 41 heavy (non-hydrogen) atoms. The number of unbranched alkanes of at least 4 members (excludes halogenated alkanes) is 1. The Morgan fingerprint density at radius 1 is 0.951 bits per heavy atom. The first-order valence-electron chi connectivity index (χ1n) is 13.5. The van der Waals surface area contributed by atoms with E-state index in [1.54, 1.807) is 30.3 Å². The molecule has 0 aliphatic heterocycles. The lowest BCUT2D eigenvalue weighted by molar-refractivity contribution is -0.140. The Morgan fingerprint density at radius 3 is 2.20 bits per heavy atom. The smallest absolute Gasteiger partial charge is 0.244 e. The zero-order valence-electron chi connectivity index (χ0n) is 23.9. The molecule has 0 fully saturated rings. The van der Waals surface area contributed by atoms with Crippen molar-refractivity contribution in [2.45, 2.75) is 52.6 Å². The van der Waals surface area contributed by atoms with Gasteiger partial charge in [-0.15, -0.1) is 0 Å². The highest BCUT2D eigenvalue weighted by Crippen LogP contribution is 2.26. The summed E-state index contributed by atoms with van der Waals surface area (Å²) >= 11 is 12.6. The maximum Gasteiger partial charge on any atom is 0.244 e. The van der Waals surface area contributed by atoms with Crippen LogP contribution in [-0.4, -0.2) is 50.5 Å². The summed E-state index contributed by atoms with van der Waals surface area (Å²) in [7, 11) is -3.85. The van der Waals surface area contributed by atoms with Gasteiger partial charge in [0.2, 0.25) is 21.8 Å². The van der Waals surface area contributed by atoms with Gasteiger partial charge in [0, 0.05) is 29.6 Å². The summed E-state index contributed by atoms with van der Waals surface area (Å²) in [5, 5.41) is 3.74. The molecule has 0 aliphatic carbocycles. The number of sulfonamides is 1. The van der Waals surface area contributed by atoms with Crippen molar-refractivity contribution in [3.8, 4) is 0 Å². The number of anilines is 1. The second kappa shape index (κ2) is 14.7. The molecule has 0 aliphatic rings. The van der Waals surface area contributed by atoms with Crippen LogP contribution in [0.25, 0.3) is 0 Å². The van der Waals surface area contributed by atoms with Gasteiger partial charge >= 0.3 is 0 Å². The van der Waals surface area contributed by atoms with Crippen LogP contribution in [-0.2, 0) is 32.6 Å². The molecule has 1 atom stereocenters. The molecule has 220 valence electrons. The second-order valence-electron chi connectivity index (χ2n) is 10.2. The average Bonchev–Trinajstić information content (AvgIpc) is 2.89. The lowest BCUT2D eigenvalue weighted by Gasteiger charge is -2.34. The SMILES string of the molecule is CCCCNC(=O)[C@@H](Cc1ccccc1)N(Cc1ccc(Cl)cc1Cl)C(=O)CN(c1cc(C)cc(C)c1)S(C)(=O)=O. The van der Waals surface area contributed by atoms with Gasteiger partial charge in [-0.25, -0.2) is 8.42 Å². The third kappa shape index (κ3) is 9.48. The van der Waals surface area contributed by atoms with E-state index in [2.05, 4.69) is 5.32 Å². The molecular formula is C31H37Cl2N3O4S. The molecular weight excluding hydrogens is 581 g/mol. The van der Waals surface area contributed by atoms with Gasteiger partial charge in [-0.1, -0.05) is 79.0 Å². The van der Waals surface area contributed by atoms with Crippen molar-refractivity contribution >= 4 is 50.7 Å². The van der Waals surface area contributed by atoms with E-state index in [0.29, 0.717) is 27.8 Å². The molecule has 0 saturated heterocycles. The first-order chi connectivity index (χ1) is 19.4. The minimum atomic E-state index is -3.85. The first-order valence-corrected chi connectivity index (χ1v) is 16.1. The fourth-order valence-corrected chi connectivity index (χ4v) is 5.90. The number of nitrogens with zero attached hydrogens (tertiary/aromatic N) is 2. The third-order valence-corrected chi connectivity index (χ3v) is 8.36. The van der Waals surface area contributed by atoms with Crippen LogP contribution in [0.1, 0.15) is 42.0 Å². The number of benzene rings is 3. The molecule has 0 unspecified atom stereocenters. The molecule has 0 spiro atoms. The van der Waals surface area contributed by atoms with Crippen LogP contribution in [0, 0.1) is 13.8 Å². The van der Waals surface area contributed by atoms with Crippen molar-refractivity contribution < 1.29 is 18.0 Å². The lowest BCUT2D eigenvalue weighted by Crippen LogP contribution is -2.53. The third-order valence-electron chi connectivity index (χ3n) is 6.63. The van der Waals surface area contributed by atoms with E-state index in [1.165, 1.54) is 4.90 Å². The van der Waals surface area contributed by atoms with Crippen LogP contribution in [0.4, 0.5) is 5.69 Å². The Labute approximate surface area is 253 Å². The zero-order valence-corrected chi connectivity index (χ0v) is 26.2. The number of halogens is 2. The minimum absolute atomic E-state index is 0.0159. The maximum absolute atomic E-state index is 14.2. The molecule has 3 rings (SSSR count). The number of carbonyl (C=O) groups is 2. The average molecular weight is 619 g/mol. The van der Waals surface area contributed by atoms with Gasteiger partial charge in [0.1, 0.15) is 12.6 Å². The van der Waals surface area contributed by atoms with E-state index in [-0.39, 0.29) is 18.9 Å². The molecule has 10 heteroatoms. The Bertz CT molecular complexity index is 1450. The number of hydrogen-bond acceptors (Lipinski definition) is 4. The van der Waals surface area contributed by atoms with Gasteiger partial charge in [0.25, 0.3) is 0 Å². The molecule has 0 aromatic heterocycles. The zero-order chi connectivity index (χ0) is 30.2. The highest BCUT2D eigenvalue weighted by molar-refractivity contribution is 7.92. The number of hydrogen-bond donors (Lipinski definition) is 1. The van der Waals surface area contributed by atoms with Crippen LogP contribution in [0.3, 0.4) is 0 Å². The van der Waals surface area contributed by atoms with Crippen LogP contribution in [0.15, 0.2) is 66.7 Å². The molecule has 3 aromatic rings. The summed E-state index contributed by atoms with van der Waals surface area (Å²) in [5.74, 6) is -0.856. The topological polar surface area (TPSA) is 86.8 Å². The van der Waals surface area contributed by atoms with E-state index in [0.717, 1.165) is 40.1 Å². The molecule has 0 radical (unpaired) electrons. The largest absolute Gasteiger partial charge is 0.354 e. The van der Waals surface area contributed by atoms with E-state index in [9.17, 15) is 18.0 Å². The van der Waals surface area contributed by atoms with Crippen LogP contribution in [0.2, 0.25) is 10.0 Å². The molecule has 0 saturated carbocycles. The molecule has 7 nitrogen and oxygen atoms in total. The van der Waals surface area contributed by atoms with Gasteiger partial charge in [-0.05, 0) is 66.8 Å². The Balaban J connectivity index is 2.08. The number of carbonyl (C=O) groups excluding carboxylic acids is 2. The second-order valence-corrected chi connectivity index (χ2v) is 13.0. The molecule has 3 aromatic carbocycles. The predicted molar refractivity (Wildman–Crippen MR) is 167 cm³/mol. The number of aryl methyl sites for hydroxylation is 2. The van der Waals surface area contributed by atoms with Crippen molar-refractivity contribution in [3.05, 3.63) is 99.0 Å². The van der Waals surface area contributed by atoms with Crippen molar-refractivity contribution in [2.75, 3.05) is 23.7 Å². The van der Waals surface area contributed by atoms with Gasteiger partial charge in [0.15, 0.2) is 0 Å². The highest BCUT2D eigenvalue weighted by Gasteiger charge is 2.33. The summed E-state index contributed by atoms with van der Waals surface area (Å²) in [5.41, 5.74) is 3.56. The van der Waals surface area contributed by atoms with Crippen LogP contribution < -0.4 is 9.62 Å². The summed E-state index contributed by atoms with van der Waals surface area (Å²) in [6.45, 7) is 5.72. The van der Waals surface area contributed by atoms with Crippen molar-refractivity contribution in [1.29, 1.82) is 0 Å². The van der Waals surface area contributed by atoms with Gasteiger partial charge in [-0.3, -0.25) is 13.9 Å². The van der Waals surface area contributed by atoms with E-state index in [4.69, 9.17) is 23.2 Å². The van der Waals surface area contributed by atoms with Gasteiger partial charge in [-0.2, -0.15) is 0 Å². The molecule has 0 heterocycles. The fourth-order valence-electron chi connectivity index (χ4n) is 4.60. The summed E-state index contributed by atoms with van der Waals surface area (Å²) in [4.78, 5) is 29.2. The van der Waals surface area contributed by atoms with Gasteiger partial charge < -0.3 is 10.2 Å². The Hall–Kier alpha value is -3.07. The van der Waals surface area contributed by atoms with E-state index < -0.39 is 28.5 Å². The number of rotatable bonds is 13. The Kier molecular flexibility index (Phi) is 11.6. The first kappa shape index (κ1) is 32.4. The number of nitrogens with one attached hydrogen (secondary N) is 1. The monoisotopic (exact) mass is 617 g/mol. The van der Waals surface area contributed by atoms with Crippen LogP contribution >= 0.6 is 23.2 Å². The van der Waals surface area contributed by atoms with E-state index >= 15 is 0 Å². The van der Waals surface area contributed by atoms with Crippen molar-refractivity contribution in [3.63, 3.8) is 0 Å². The standard InChI is InChI=1S/C31H37Cl2N3O4S/c1-5-6-14-34-31(38)29(18-24-10-8-7-9-11-24)35(20-25-12-13-26(32)19-28(25)33)30(37)21-36(41(4,39)40)27-16-22(2)15-23(3)17-27/h7-13,15-17,19,29H,5-6,14,18,20-21H2,1-4H3,(H,34,38)/t29-/m1/s1. The van der Waals surface area contributed by atoms with Crippen LogP contribution in [0.5, 0.6) is 0 Å². The molecule has 2 amide bonds. The normalized spacial score (nSPS) is 12.0. The quantitative estimate of drug-likeness (QED) is 0.241. The van der Waals surface area contributed by atoms with Gasteiger partial charge in [0.05, 0.1) is 11.9 Å². The maximum atomic E-state index is 14.2. The summed E-state index contributed by atoms with van der Waals surface area (Å²) in [6, 6.07) is 18.8. The molecule has 1 N–H and O–H groups in total. The van der Waals surface area contributed by atoms with Crippen molar-refractivity contribution in [1.82, 2.24) is 10.2 Å². The predicted octanol–water partition coefficient (Wildman–Crippen LogP) is 5.93. The highest BCUT2D eigenvalue weighted by atomic mass is 35.5. The summed E-state index contributed by atoms with van der Waals surface area (Å²) < 4.78 is 27.0. The molecule has 0 bridgehead atoms. The number of amides is 2.